The highest BCUT2D eigenvalue weighted by Crippen LogP contribution is 2.32. The van der Waals surface area contributed by atoms with Crippen molar-refractivity contribution in [2.75, 3.05) is 24.6 Å². The van der Waals surface area contributed by atoms with Gasteiger partial charge in [0.05, 0.1) is 19.0 Å². The van der Waals surface area contributed by atoms with Crippen LogP contribution in [0.1, 0.15) is 78.2 Å². The minimum absolute atomic E-state index is 0.0467. The van der Waals surface area contributed by atoms with Crippen LogP contribution < -0.4 is 10.5 Å². The zero-order valence-corrected chi connectivity index (χ0v) is 21.9. The van der Waals surface area contributed by atoms with Crippen molar-refractivity contribution in [3.63, 3.8) is 0 Å². The van der Waals surface area contributed by atoms with Crippen molar-refractivity contribution in [2.24, 2.45) is 0 Å². The van der Waals surface area contributed by atoms with Crippen LogP contribution in [0.15, 0.2) is 34.9 Å². The van der Waals surface area contributed by atoms with Crippen LogP contribution in [0, 0.1) is 11.3 Å². The van der Waals surface area contributed by atoms with E-state index >= 15 is 0 Å². The van der Waals surface area contributed by atoms with Crippen LogP contribution >= 0.6 is 0 Å². The van der Waals surface area contributed by atoms with Gasteiger partial charge in [-0.3, -0.25) is 9.36 Å². The van der Waals surface area contributed by atoms with E-state index in [1.807, 2.05) is 13.8 Å². The number of nitriles is 1. The summed E-state index contributed by atoms with van der Waals surface area (Å²) in [5, 5.41) is 10.1. The Labute approximate surface area is 209 Å². The molecule has 1 atom stereocenters. The van der Waals surface area contributed by atoms with E-state index in [1.165, 1.54) is 6.42 Å². The molecule has 2 aliphatic heterocycles. The van der Waals surface area contributed by atoms with E-state index in [0.717, 1.165) is 69.6 Å². The number of anilines is 1. The minimum atomic E-state index is -0.0921. The van der Waals surface area contributed by atoms with Gasteiger partial charge >= 0.3 is 0 Å². The Balaban J connectivity index is 0.00000167. The fourth-order valence-corrected chi connectivity index (χ4v) is 4.98. The summed E-state index contributed by atoms with van der Waals surface area (Å²) in [6.45, 7) is 11.8. The molecule has 0 saturated carbocycles. The summed E-state index contributed by atoms with van der Waals surface area (Å²) in [6, 6.07) is 2.39. The van der Waals surface area contributed by atoms with Gasteiger partial charge in [0, 0.05) is 26.2 Å². The van der Waals surface area contributed by atoms with Crippen LogP contribution in [-0.2, 0) is 17.8 Å². The van der Waals surface area contributed by atoms with Gasteiger partial charge in [-0.15, -0.1) is 0 Å². The summed E-state index contributed by atoms with van der Waals surface area (Å²) in [7, 11) is 0. The van der Waals surface area contributed by atoms with Crippen LogP contribution in [-0.4, -0.2) is 39.9 Å². The van der Waals surface area contributed by atoms with Crippen molar-refractivity contribution < 1.29 is 4.74 Å². The number of fused-ring (bicyclic) bond motifs is 1. The van der Waals surface area contributed by atoms with E-state index < -0.39 is 0 Å². The molecule has 0 aliphatic carbocycles. The molecule has 1 unspecified atom stereocenters. The summed E-state index contributed by atoms with van der Waals surface area (Å²) < 4.78 is 9.49. The molecular weight excluding hydrogens is 438 g/mol. The van der Waals surface area contributed by atoms with Crippen LogP contribution in [0.2, 0.25) is 0 Å². The van der Waals surface area contributed by atoms with E-state index in [1.54, 1.807) is 10.9 Å². The van der Waals surface area contributed by atoms with Crippen molar-refractivity contribution in [1.82, 2.24) is 14.1 Å². The third-order valence-corrected chi connectivity index (χ3v) is 6.57. The van der Waals surface area contributed by atoms with Crippen molar-refractivity contribution in [2.45, 2.75) is 91.8 Å². The van der Waals surface area contributed by atoms with E-state index in [0.29, 0.717) is 29.7 Å². The molecule has 2 aromatic heterocycles. The summed E-state index contributed by atoms with van der Waals surface area (Å²) in [5.41, 5.74) is 2.61. The number of rotatable bonds is 8. The molecule has 35 heavy (non-hydrogen) atoms. The lowest BCUT2D eigenvalue weighted by atomic mass is 10.1. The van der Waals surface area contributed by atoms with Gasteiger partial charge in [0.25, 0.3) is 5.56 Å². The van der Waals surface area contributed by atoms with Crippen molar-refractivity contribution in [3.8, 4) is 6.07 Å². The summed E-state index contributed by atoms with van der Waals surface area (Å²) >= 11 is 0. The van der Waals surface area contributed by atoms with Gasteiger partial charge in [-0.25, -0.2) is 4.98 Å². The monoisotopic (exact) mass is 479 g/mol. The lowest BCUT2D eigenvalue weighted by Gasteiger charge is -2.30. The molecule has 2 saturated heterocycles. The number of hydrogen-bond acceptors (Lipinski definition) is 5. The fourth-order valence-electron chi connectivity index (χ4n) is 4.98. The fraction of sp³-hybridized carbons (Fsp3) is 0.607. The molecule has 2 aliphatic rings. The maximum Gasteiger partial charge on any atom is 0.278 e. The molecule has 7 nitrogen and oxygen atoms in total. The average Bonchev–Trinajstić information content (AvgIpc) is 3.52. The standard InChI is InChI=1S/C26H35N5O2.C2H6/c1-3-5-11-20(10-4-2)17-31-24-23(22(16-27)25(31)29-13-7-6-8-14-29)28-19-30(26(24)32)18-21-12-9-15-33-21;1-2/h5,10-11,19,21H,3-4,6-9,12-15,17-18H2,1-2H3;1-2H3/b11-5-,20-10+;. The Morgan fingerprint density at radius 2 is 1.97 bits per heavy atom. The molecule has 0 aromatic carbocycles. The zero-order valence-electron chi connectivity index (χ0n) is 21.9. The Kier molecular flexibility index (Phi) is 10.2. The highest BCUT2D eigenvalue weighted by Gasteiger charge is 2.27. The number of ether oxygens (including phenoxy) is 1. The van der Waals surface area contributed by atoms with E-state index in [9.17, 15) is 10.1 Å². The van der Waals surface area contributed by atoms with Crippen molar-refractivity contribution in [1.29, 1.82) is 5.26 Å². The van der Waals surface area contributed by atoms with Crippen molar-refractivity contribution in [3.05, 3.63) is 46.0 Å². The molecular formula is C28H41N5O2. The number of allylic oxidation sites excluding steroid dienone is 4. The molecule has 0 spiro atoms. The predicted octanol–water partition coefficient (Wildman–Crippen LogP) is 5.57. The van der Waals surface area contributed by atoms with Gasteiger partial charge in [0.2, 0.25) is 0 Å². The van der Waals surface area contributed by atoms with Crippen molar-refractivity contribution >= 4 is 16.9 Å². The Morgan fingerprint density at radius 3 is 2.60 bits per heavy atom. The van der Waals surface area contributed by atoms with E-state index in [4.69, 9.17) is 4.74 Å². The number of nitrogens with zero attached hydrogens (tertiary/aromatic N) is 5. The SMILES string of the molecule is CC.CC/C=C\C(=C/CC)Cn1c(N2CCCCC2)c(C#N)c2ncn(CC3CCCO3)c(=O)c21. The lowest BCUT2D eigenvalue weighted by molar-refractivity contribution is 0.0960. The van der Waals surface area contributed by atoms with Crippen LogP contribution in [0.4, 0.5) is 5.82 Å². The molecule has 4 rings (SSSR count). The largest absolute Gasteiger partial charge is 0.376 e. The first-order valence-electron chi connectivity index (χ1n) is 13.4. The Bertz CT molecular complexity index is 1120. The first-order chi connectivity index (χ1) is 17.2. The number of aromatic nitrogens is 3. The first-order valence-corrected chi connectivity index (χ1v) is 13.4. The van der Waals surface area contributed by atoms with Gasteiger partial charge in [0.1, 0.15) is 28.5 Å². The van der Waals surface area contributed by atoms with E-state index in [-0.39, 0.29) is 11.7 Å². The number of hydrogen-bond donors (Lipinski definition) is 0. The summed E-state index contributed by atoms with van der Waals surface area (Å²) in [5.74, 6) is 0.846. The van der Waals surface area contributed by atoms with Gasteiger partial charge < -0.3 is 14.2 Å². The van der Waals surface area contributed by atoms with E-state index in [2.05, 4.69) is 52.6 Å². The molecule has 2 aromatic rings. The molecule has 2 fully saturated rings. The lowest BCUT2D eigenvalue weighted by Crippen LogP contribution is -2.32. The number of piperidine rings is 1. The summed E-state index contributed by atoms with van der Waals surface area (Å²) in [4.78, 5) is 20.7. The van der Waals surface area contributed by atoms with Gasteiger partial charge in [-0.2, -0.15) is 5.26 Å². The molecule has 0 radical (unpaired) electrons. The maximum atomic E-state index is 13.7. The van der Waals surface area contributed by atoms with Crippen LogP contribution in [0.25, 0.3) is 11.0 Å². The average molecular weight is 480 g/mol. The highest BCUT2D eigenvalue weighted by molar-refractivity contribution is 5.89. The maximum absolute atomic E-state index is 13.7. The smallest absolute Gasteiger partial charge is 0.278 e. The molecule has 0 N–H and O–H groups in total. The third kappa shape index (κ3) is 6.05. The van der Waals surface area contributed by atoms with Gasteiger partial charge in [-0.05, 0) is 50.5 Å². The van der Waals surface area contributed by atoms with Crippen LogP contribution in [0.5, 0.6) is 0 Å². The second kappa shape index (κ2) is 13.3. The van der Waals surface area contributed by atoms with Gasteiger partial charge in [-0.1, -0.05) is 45.9 Å². The molecule has 0 amide bonds. The quantitative estimate of drug-likeness (QED) is 0.463. The Hall–Kier alpha value is -2.85. The second-order valence-corrected chi connectivity index (χ2v) is 8.98. The van der Waals surface area contributed by atoms with Crippen LogP contribution in [0.3, 0.4) is 0 Å². The highest BCUT2D eigenvalue weighted by atomic mass is 16.5. The molecule has 190 valence electrons. The normalized spacial score (nSPS) is 18.7. The Morgan fingerprint density at radius 1 is 1.20 bits per heavy atom. The first kappa shape index (κ1) is 26.7. The third-order valence-electron chi connectivity index (χ3n) is 6.57. The molecule has 0 bridgehead atoms. The summed E-state index contributed by atoms with van der Waals surface area (Å²) in [6.07, 6.45) is 15.4. The predicted molar refractivity (Wildman–Crippen MR) is 143 cm³/mol. The molecule has 7 heteroatoms. The zero-order chi connectivity index (χ0) is 25.2. The molecule has 4 heterocycles. The topological polar surface area (TPSA) is 76.1 Å². The van der Waals surface area contributed by atoms with Gasteiger partial charge in [0.15, 0.2) is 0 Å². The second-order valence-electron chi connectivity index (χ2n) is 8.98. The minimum Gasteiger partial charge on any atom is -0.376 e.